The number of fused-ring (bicyclic) bond motifs is 4. The minimum absolute atomic E-state index is 0.0639. The van der Waals surface area contributed by atoms with E-state index in [2.05, 4.69) is 10.3 Å². The lowest BCUT2D eigenvalue weighted by molar-refractivity contribution is 0.0636. The van der Waals surface area contributed by atoms with Crippen molar-refractivity contribution in [2.24, 2.45) is 0 Å². The molecule has 0 radical (unpaired) electrons. The van der Waals surface area contributed by atoms with Crippen molar-refractivity contribution in [2.75, 3.05) is 5.32 Å². The molecule has 0 spiro atoms. The summed E-state index contributed by atoms with van der Waals surface area (Å²) in [4.78, 5) is 41.8. The zero-order chi connectivity index (χ0) is 20.2. The highest BCUT2D eigenvalue weighted by Gasteiger charge is 2.30. The second-order valence-electron chi connectivity index (χ2n) is 7.43. The third-order valence-electron chi connectivity index (χ3n) is 4.16. The van der Waals surface area contributed by atoms with Crippen LogP contribution in [0.4, 0.5) is 14.9 Å². The van der Waals surface area contributed by atoms with Gasteiger partial charge in [0.15, 0.2) is 5.82 Å². The van der Waals surface area contributed by atoms with Gasteiger partial charge in [0.25, 0.3) is 5.56 Å². The zero-order valence-corrected chi connectivity index (χ0v) is 15.4. The fraction of sp³-hybridized carbons (Fsp3) is 0.200. The van der Waals surface area contributed by atoms with Crippen LogP contribution in [0.25, 0.3) is 16.6 Å². The van der Waals surface area contributed by atoms with Crippen LogP contribution in [0.5, 0.6) is 0 Å². The molecule has 1 N–H and O–H groups in total. The number of anilines is 1. The molecule has 0 bridgehead atoms. The van der Waals surface area contributed by atoms with Gasteiger partial charge in [0.05, 0.1) is 22.2 Å². The number of aromatic nitrogens is 2. The van der Waals surface area contributed by atoms with Crippen LogP contribution < -0.4 is 10.9 Å². The smallest absolute Gasteiger partial charge is 0.412 e. The molecule has 0 atom stereocenters. The van der Waals surface area contributed by atoms with Gasteiger partial charge in [-0.05, 0) is 57.2 Å². The Hall–Kier alpha value is -3.55. The maximum absolute atomic E-state index is 13.5. The number of nitrogens with one attached hydrogen (secondary N) is 1. The van der Waals surface area contributed by atoms with E-state index in [9.17, 15) is 18.8 Å². The molecule has 1 aromatic heterocycles. The minimum Gasteiger partial charge on any atom is -0.444 e. The van der Waals surface area contributed by atoms with Crippen LogP contribution in [0.3, 0.4) is 0 Å². The first-order valence-corrected chi connectivity index (χ1v) is 8.55. The Kier molecular flexibility index (Phi) is 3.81. The Morgan fingerprint density at radius 2 is 1.89 bits per heavy atom. The first kappa shape index (κ1) is 17.8. The molecule has 7 nitrogen and oxygen atoms in total. The number of benzene rings is 2. The standard InChI is InChI=1S/C20H16FN3O4/c1-20(2,3)28-19(27)22-11-5-6-14-12(9-11)18(26)24-15-7-4-10(21)8-13(15)16(25)17(24)23-14/h4-9H,1-3H3,(H,22,27). The van der Waals surface area contributed by atoms with Crippen LogP contribution in [0, 0.1) is 5.82 Å². The van der Waals surface area contributed by atoms with Crippen LogP contribution in [-0.2, 0) is 4.74 Å². The molecule has 8 heteroatoms. The normalized spacial score (nSPS) is 12.6. The van der Waals surface area contributed by atoms with Gasteiger partial charge in [-0.25, -0.2) is 14.2 Å². The first-order valence-electron chi connectivity index (χ1n) is 8.55. The molecule has 28 heavy (non-hydrogen) atoms. The number of carbonyl (C=O) groups excluding carboxylic acids is 2. The molecule has 1 aliphatic heterocycles. The average molecular weight is 381 g/mol. The summed E-state index contributed by atoms with van der Waals surface area (Å²) >= 11 is 0. The lowest BCUT2D eigenvalue weighted by Gasteiger charge is -2.19. The molecule has 142 valence electrons. The summed E-state index contributed by atoms with van der Waals surface area (Å²) in [6, 6.07) is 8.19. The third kappa shape index (κ3) is 2.92. The molecule has 0 aliphatic carbocycles. The van der Waals surface area contributed by atoms with Gasteiger partial charge < -0.3 is 4.74 Å². The largest absolute Gasteiger partial charge is 0.444 e. The van der Waals surface area contributed by atoms with Crippen LogP contribution in [0.15, 0.2) is 41.2 Å². The molecule has 1 amide bonds. The number of amides is 1. The second kappa shape index (κ2) is 5.98. The molecule has 1 aliphatic rings. The molecule has 0 unspecified atom stereocenters. The van der Waals surface area contributed by atoms with E-state index in [1.54, 1.807) is 26.8 Å². The van der Waals surface area contributed by atoms with Crippen LogP contribution in [-0.4, -0.2) is 27.0 Å². The van der Waals surface area contributed by atoms with Gasteiger partial charge in [-0.3, -0.25) is 19.5 Å². The Bertz CT molecular complexity index is 1220. The maximum atomic E-state index is 13.5. The molecule has 0 fully saturated rings. The number of ether oxygens (including phenoxy) is 1. The summed E-state index contributed by atoms with van der Waals surface area (Å²) < 4.78 is 19.9. The van der Waals surface area contributed by atoms with Crippen molar-refractivity contribution >= 4 is 28.5 Å². The van der Waals surface area contributed by atoms with Crippen molar-refractivity contribution in [1.29, 1.82) is 0 Å². The van der Waals surface area contributed by atoms with Crippen LogP contribution in [0.2, 0.25) is 0 Å². The number of rotatable bonds is 1. The van der Waals surface area contributed by atoms with Gasteiger partial charge in [0.2, 0.25) is 5.78 Å². The topological polar surface area (TPSA) is 90.3 Å². The van der Waals surface area contributed by atoms with Crippen molar-refractivity contribution in [3.8, 4) is 5.69 Å². The highest BCUT2D eigenvalue weighted by molar-refractivity contribution is 6.13. The molecule has 0 saturated heterocycles. The lowest BCUT2D eigenvalue weighted by Crippen LogP contribution is -2.27. The van der Waals surface area contributed by atoms with Crippen molar-refractivity contribution in [2.45, 2.75) is 26.4 Å². The van der Waals surface area contributed by atoms with Gasteiger partial charge in [-0.1, -0.05) is 0 Å². The SMILES string of the molecule is CC(C)(C)OC(=O)Nc1ccc2nc3n(c(=O)c2c1)-c1ccc(F)cc1C3=O. The van der Waals surface area contributed by atoms with E-state index in [4.69, 9.17) is 4.74 Å². The van der Waals surface area contributed by atoms with Gasteiger partial charge in [-0.15, -0.1) is 0 Å². The third-order valence-corrected chi connectivity index (χ3v) is 4.16. The van der Waals surface area contributed by atoms with E-state index in [1.807, 2.05) is 0 Å². The van der Waals surface area contributed by atoms with Crippen molar-refractivity contribution in [3.63, 3.8) is 0 Å². The number of hydrogen-bond donors (Lipinski definition) is 1. The number of halogens is 1. The quantitative estimate of drug-likeness (QED) is 0.546. The van der Waals surface area contributed by atoms with E-state index in [0.29, 0.717) is 11.2 Å². The molecule has 0 saturated carbocycles. The van der Waals surface area contributed by atoms with Crippen molar-refractivity contribution in [3.05, 3.63) is 64.0 Å². The monoisotopic (exact) mass is 381 g/mol. The van der Waals surface area contributed by atoms with Crippen molar-refractivity contribution < 1.29 is 18.7 Å². The predicted octanol–water partition coefficient (Wildman–Crippen LogP) is 3.42. The Balaban J connectivity index is 1.81. The molecule has 4 rings (SSSR count). The maximum Gasteiger partial charge on any atom is 0.412 e. The number of nitrogens with zero attached hydrogens (tertiary/aromatic N) is 2. The summed E-state index contributed by atoms with van der Waals surface area (Å²) in [5.74, 6) is -1.14. The van der Waals surface area contributed by atoms with E-state index >= 15 is 0 Å². The Labute approximate surface area is 158 Å². The van der Waals surface area contributed by atoms with E-state index in [0.717, 1.165) is 10.6 Å². The Morgan fingerprint density at radius 3 is 2.61 bits per heavy atom. The molecule has 3 aromatic rings. The van der Waals surface area contributed by atoms with E-state index in [-0.39, 0.29) is 22.5 Å². The number of carbonyl (C=O) groups is 2. The molecular weight excluding hydrogens is 365 g/mol. The fourth-order valence-corrected chi connectivity index (χ4v) is 3.07. The molecular formula is C20H16FN3O4. The van der Waals surface area contributed by atoms with Gasteiger partial charge in [0, 0.05) is 5.69 Å². The minimum atomic E-state index is -0.664. The fourth-order valence-electron chi connectivity index (χ4n) is 3.07. The lowest BCUT2D eigenvalue weighted by atomic mass is 10.1. The number of hydrogen-bond acceptors (Lipinski definition) is 5. The molecule has 2 heterocycles. The summed E-state index contributed by atoms with van der Waals surface area (Å²) in [5, 5.41) is 2.78. The van der Waals surface area contributed by atoms with E-state index in [1.165, 1.54) is 24.3 Å². The highest BCUT2D eigenvalue weighted by Crippen LogP contribution is 2.27. The summed E-state index contributed by atoms with van der Waals surface area (Å²) in [6.45, 7) is 5.22. The van der Waals surface area contributed by atoms with Crippen molar-refractivity contribution in [1.82, 2.24) is 9.55 Å². The van der Waals surface area contributed by atoms with Crippen LogP contribution >= 0.6 is 0 Å². The second-order valence-corrected chi connectivity index (χ2v) is 7.43. The van der Waals surface area contributed by atoms with E-state index < -0.39 is 28.9 Å². The van der Waals surface area contributed by atoms with Gasteiger partial charge >= 0.3 is 6.09 Å². The summed E-state index contributed by atoms with van der Waals surface area (Å²) in [6.07, 6.45) is -0.655. The summed E-state index contributed by atoms with van der Waals surface area (Å²) in [5.41, 5.74) is -0.121. The van der Waals surface area contributed by atoms with Gasteiger partial charge in [-0.2, -0.15) is 0 Å². The summed E-state index contributed by atoms with van der Waals surface area (Å²) in [7, 11) is 0. The Morgan fingerprint density at radius 1 is 1.14 bits per heavy atom. The predicted molar refractivity (Wildman–Crippen MR) is 101 cm³/mol. The highest BCUT2D eigenvalue weighted by atomic mass is 19.1. The zero-order valence-electron chi connectivity index (χ0n) is 15.4. The van der Waals surface area contributed by atoms with Gasteiger partial charge in [0.1, 0.15) is 11.4 Å². The first-order chi connectivity index (χ1) is 13.1. The number of ketones is 1. The van der Waals surface area contributed by atoms with Crippen LogP contribution in [0.1, 0.15) is 37.0 Å². The average Bonchev–Trinajstić information content (AvgIpc) is 2.86. The molecule has 2 aromatic carbocycles.